The van der Waals surface area contributed by atoms with E-state index in [0.29, 0.717) is 12.5 Å². The highest BCUT2D eigenvalue weighted by Crippen LogP contribution is 1.80. The first-order valence-corrected chi connectivity index (χ1v) is 2.59. The molecule has 0 bridgehead atoms. The van der Waals surface area contributed by atoms with Gasteiger partial charge in [-0.3, -0.25) is 0 Å². The first-order valence-electron chi connectivity index (χ1n) is 2.59. The fraction of sp³-hybridized carbons (Fsp3) is 0.500. The van der Waals surface area contributed by atoms with Crippen molar-refractivity contribution < 1.29 is 4.74 Å². The largest absolute Gasteiger partial charge is 0.481 e. The summed E-state index contributed by atoms with van der Waals surface area (Å²) in [6.45, 7) is 7.80. The Morgan fingerprint density at radius 3 is 2.88 bits per heavy atom. The molecule has 0 aromatic carbocycles. The summed E-state index contributed by atoms with van der Waals surface area (Å²) in [6.07, 6.45) is 1.46. The molecule has 0 saturated heterocycles. The monoisotopic (exact) mass is 113 g/mol. The van der Waals surface area contributed by atoms with Crippen molar-refractivity contribution in [2.45, 2.75) is 13.8 Å². The Kier molecular flexibility index (Phi) is 3.94. The van der Waals surface area contributed by atoms with Crippen LogP contribution in [0, 0.1) is 0 Å². The van der Waals surface area contributed by atoms with Crippen LogP contribution in [0.2, 0.25) is 0 Å². The average Bonchev–Trinajstić information content (AvgIpc) is 1.68. The third kappa shape index (κ3) is 3.40. The van der Waals surface area contributed by atoms with Gasteiger partial charge >= 0.3 is 0 Å². The second kappa shape index (κ2) is 4.37. The Morgan fingerprint density at radius 1 is 1.88 bits per heavy atom. The molecule has 8 heavy (non-hydrogen) atoms. The van der Waals surface area contributed by atoms with Crippen molar-refractivity contribution in [1.29, 1.82) is 0 Å². The van der Waals surface area contributed by atoms with E-state index in [0.717, 1.165) is 0 Å². The van der Waals surface area contributed by atoms with E-state index < -0.39 is 0 Å². The molecule has 0 aromatic rings. The van der Waals surface area contributed by atoms with Gasteiger partial charge in [0.25, 0.3) is 0 Å². The Labute approximate surface area is 49.9 Å². The molecule has 0 radical (unpaired) electrons. The first-order chi connectivity index (χ1) is 3.81. The Hall–Kier alpha value is -0.790. The van der Waals surface area contributed by atoms with Crippen molar-refractivity contribution in [3.63, 3.8) is 0 Å². The second-order valence-corrected chi connectivity index (χ2v) is 1.26. The summed E-state index contributed by atoms with van der Waals surface area (Å²) in [6, 6.07) is 0. The van der Waals surface area contributed by atoms with Crippen molar-refractivity contribution in [2.24, 2.45) is 4.99 Å². The van der Waals surface area contributed by atoms with Gasteiger partial charge in [-0.05, 0) is 6.92 Å². The summed E-state index contributed by atoms with van der Waals surface area (Å²) < 4.78 is 4.96. The van der Waals surface area contributed by atoms with Crippen LogP contribution in [0.3, 0.4) is 0 Å². The van der Waals surface area contributed by atoms with Crippen molar-refractivity contribution in [3.05, 3.63) is 12.8 Å². The Bertz CT molecular complexity index is 96.7. The number of rotatable bonds is 2. The van der Waals surface area contributed by atoms with Gasteiger partial charge in [-0.15, -0.1) is 0 Å². The molecule has 0 aromatic heterocycles. The zero-order valence-electron chi connectivity index (χ0n) is 5.35. The third-order valence-corrected chi connectivity index (χ3v) is 0.626. The number of ether oxygens (including phenoxy) is 1. The maximum absolute atomic E-state index is 4.96. The molecule has 0 saturated carbocycles. The van der Waals surface area contributed by atoms with E-state index in [1.165, 1.54) is 6.20 Å². The minimum absolute atomic E-state index is 0.669. The van der Waals surface area contributed by atoms with Gasteiger partial charge in [0.15, 0.2) is 5.90 Å². The second-order valence-electron chi connectivity index (χ2n) is 1.26. The van der Waals surface area contributed by atoms with E-state index >= 15 is 0 Å². The van der Waals surface area contributed by atoms with Crippen LogP contribution in [0.5, 0.6) is 0 Å². The van der Waals surface area contributed by atoms with Crippen LogP contribution in [0.15, 0.2) is 17.8 Å². The summed E-state index contributed by atoms with van der Waals surface area (Å²) in [5.41, 5.74) is 0. The fourth-order valence-electron chi connectivity index (χ4n) is 0.375. The van der Waals surface area contributed by atoms with E-state index in [-0.39, 0.29) is 0 Å². The highest BCUT2D eigenvalue weighted by molar-refractivity contribution is 5.73. The molecule has 0 unspecified atom stereocenters. The predicted molar refractivity (Wildman–Crippen MR) is 34.9 cm³/mol. The molecule has 46 valence electrons. The molecular weight excluding hydrogens is 102 g/mol. The Balaban J connectivity index is 3.44. The van der Waals surface area contributed by atoms with Crippen LogP contribution < -0.4 is 0 Å². The summed E-state index contributed by atoms with van der Waals surface area (Å²) in [5.74, 6) is 0.669. The van der Waals surface area contributed by atoms with Crippen LogP contribution in [0.4, 0.5) is 0 Å². The van der Waals surface area contributed by atoms with Gasteiger partial charge in [0.2, 0.25) is 0 Å². The minimum Gasteiger partial charge on any atom is -0.481 e. The van der Waals surface area contributed by atoms with E-state index in [1.54, 1.807) is 6.92 Å². The number of aliphatic imine (C=N–C) groups is 1. The molecule has 0 fully saturated rings. The van der Waals surface area contributed by atoms with Crippen LogP contribution in [0.25, 0.3) is 0 Å². The highest BCUT2D eigenvalue weighted by Gasteiger charge is 1.81. The zero-order valence-corrected chi connectivity index (χ0v) is 5.35. The van der Waals surface area contributed by atoms with Crippen LogP contribution in [0.1, 0.15) is 13.8 Å². The van der Waals surface area contributed by atoms with Crippen LogP contribution in [-0.2, 0) is 4.74 Å². The molecule has 0 aliphatic heterocycles. The summed E-state index contributed by atoms with van der Waals surface area (Å²) in [4.78, 5) is 3.77. The molecule has 0 rings (SSSR count). The standard InChI is InChI=1S/C6H11NO/c1-4-7-6(3)8-5-2/h4H,1,5H2,2-3H3. The maximum Gasteiger partial charge on any atom is 0.184 e. The normalized spacial score (nSPS) is 11.0. The topological polar surface area (TPSA) is 21.6 Å². The lowest BCUT2D eigenvalue weighted by Gasteiger charge is -1.96. The lowest BCUT2D eigenvalue weighted by atomic mass is 10.7. The molecule has 0 aliphatic carbocycles. The van der Waals surface area contributed by atoms with Gasteiger partial charge in [-0.2, -0.15) is 0 Å². The lowest BCUT2D eigenvalue weighted by molar-refractivity contribution is 0.324. The maximum atomic E-state index is 4.96. The molecular formula is C6H11NO. The summed E-state index contributed by atoms with van der Waals surface area (Å²) in [7, 11) is 0. The van der Waals surface area contributed by atoms with E-state index in [1.807, 2.05) is 6.92 Å². The van der Waals surface area contributed by atoms with E-state index in [4.69, 9.17) is 4.74 Å². The van der Waals surface area contributed by atoms with Gasteiger partial charge < -0.3 is 4.74 Å². The first kappa shape index (κ1) is 7.21. The van der Waals surface area contributed by atoms with Crippen molar-refractivity contribution in [3.8, 4) is 0 Å². The predicted octanol–water partition coefficient (Wildman–Crippen LogP) is 1.58. The number of hydrogen-bond donors (Lipinski definition) is 0. The molecule has 0 heterocycles. The van der Waals surface area contributed by atoms with Crippen LogP contribution >= 0.6 is 0 Å². The SMILES string of the molecule is C=CN=C(C)OCC. The molecule has 2 nitrogen and oxygen atoms in total. The minimum atomic E-state index is 0.669. The molecule has 0 amide bonds. The van der Waals surface area contributed by atoms with Gasteiger partial charge in [0, 0.05) is 13.1 Å². The Morgan fingerprint density at radius 2 is 2.50 bits per heavy atom. The van der Waals surface area contributed by atoms with Crippen LogP contribution in [-0.4, -0.2) is 12.5 Å². The van der Waals surface area contributed by atoms with E-state index in [9.17, 15) is 0 Å². The molecule has 2 heteroatoms. The van der Waals surface area contributed by atoms with Crippen molar-refractivity contribution >= 4 is 5.90 Å². The number of hydrogen-bond acceptors (Lipinski definition) is 2. The van der Waals surface area contributed by atoms with Gasteiger partial charge in [0.05, 0.1) is 6.61 Å². The molecule has 0 spiro atoms. The smallest absolute Gasteiger partial charge is 0.184 e. The summed E-state index contributed by atoms with van der Waals surface area (Å²) in [5, 5.41) is 0. The summed E-state index contributed by atoms with van der Waals surface area (Å²) >= 11 is 0. The van der Waals surface area contributed by atoms with Gasteiger partial charge in [-0.1, -0.05) is 6.58 Å². The lowest BCUT2D eigenvalue weighted by Crippen LogP contribution is -1.96. The molecule has 0 N–H and O–H groups in total. The zero-order chi connectivity index (χ0) is 6.41. The van der Waals surface area contributed by atoms with Crippen molar-refractivity contribution in [2.75, 3.05) is 6.61 Å². The average molecular weight is 113 g/mol. The van der Waals surface area contributed by atoms with Crippen molar-refractivity contribution in [1.82, 2.24) is 0 Å². The highest BCUT2D eigenvalue weighted by atomic mass is 16.5. The van der Waals surface area contributed by atoms with E-state index in [2.05, 4.69) is 11.6 Å². The quantitative estimate of drug-likeness (QED) is 0.393. The van der Waals surface area contributed by atoms with Gasteiger partial charge in [0.1, 0.15) is 0 Å². The number of nitrogens with zero attached hydrogens (tertiary/aromatic N) is 1. The molecule has 0 atom stereocenters. The fourth-order valence-corrected chi connectivity index (χ4v) is 0.375. The third-order valence-electron chi connectivity index (χ3n) is 0.626. The van der Waals surface area contributed by atoms with Gasteiger partial charge in [-0.25, -0.2) is 4.99 Å². The molecule has 0 aliphatic rings.